The number of halogens is 2. The molecule has 0 radical (unpaired) electrons. The summed E-state index contributed by atoms with van der Waals surface area (Å²) >= 11 is 10.8. The Labute approximate surface area is 69.2 Å². The van der Waals surface area contributed by atoms with E-state index >= 15 is 0 Å². The largest absolute Gasteiger partial charge is 0.508 e. The molecule has 0 spiro atoms. The van der Waals surface area contributed by atoms with Gasteiger partial charge < -0.3 is 9.47 Å². The van der Waals surface area contributed by atoms with E-state index in [0.29, 0.717) is 0 Å². The van der Waals surface area contributed by atoms with Crippen LogP contribution in [0.2, 0.25) is 0 Å². The molecule has 1 unspecified atom stereocenters. The molecule has 60 valence electrons. The molecule has 0 fully saturated rings. The highest BCUT2D eigenvalue weighted by Gasteiger charge is 2.06. The zero-order chi connectivity index (χ0) is 7.98. The van der Waals surface area contributed by atoms with E-state index in [1.165, 1.54) is 7.11 Å². The summed E-state index contributed by atoms with van der Waals surface area (Å²) in [7, 11) is 1.23. The molecule has 0 aromatic rings. The number of hydrogen-bond acceptors (Lipinski definition) is 3. The average molecular weight is 187 g/mol. The average Bonchev–Trinajstić information content (AvgIpc) is 1.99. The van der Waals surface area contributed by atoms with E-state index in [1.807, 2.05) is 0 Å². The summed E-state index contributed by atoms with van der Waals surface area (Å²) in [5.74, 6) is 0.249. The molecule has 3 nitrogen and oxygen atoms in total. The van der Waals surface area contributed by atoms with Crippen LogP contribution < -0.4 is 0 Å². The fourth-order valence-corrected chi connectivity index (χ4v) is 0.414. The second-order valence-electron chi connectivity index (χ2n) is 1.52. The summed E-state index contributed by atoms with van der Waals surface area (Å²) in [6.45, 7) is 0.0811. The summed E-state index contributed by atoms with van der Waals surface area (Å²) in [6.07, 6.45) is -0.740. The van der Waals surface area contributed by atoms with Crippen LogP contribution in [0, 0.1) is 0 Å². The van der Waals surface area contributed by atoms with Gasteiger partial charge in [0.2, 0.25) is 0 Å². The standard InChI is InChI=1S/C5H8Cl2O3/c1-9-5(8)10-3-4(7)2-6/h4H,2-3H2,1H3. The molecule has 0 aliphatic carbocycles. The van der Waals surface area contributed by atoms with Crippen molar-refractivity contribution in [1.82, 2.24) is 0 Å². The maximum absolute atomic E-state index is 10.3. The van der Waals surface area contributed by atoms with Gasteiger partial charge in [0.25, 0.3) is 0 Å². The Balaban J connectivity index is 3.26. The van der Waals surface area contributed by atoms with Gasteiger partial charge in [-0.1, -0.05) is 0 Å². The second-order valence-corrected chi connectivity index (χ2v) is 2.44. The topological polar surface area (TPSA) is 35.5 Å². The number of ether oxygens (including phenoxy) is 2. The van der Waals surface area contributed by atoms with Gasteiger partial charge in [-0.25, -0.2) is 4.79 Å². The van der Waals surface area contributed by atoms with Crippen molar-refractivity contribution in [3.63, 3.8) is 0 Å². The number of alkyl halides is 2. The van der Waals surface area contributed by atoms with Gasteiger partial charge in [-0.3, -0.25) is 0 Å². The van der Waals surface area contributed by atoms with Gasteiger partial charge in [0.1, 0.15) is 6.61 Å². The Bertz CT molecular complexity index is 107. The van der Waals surface area contributed by atoms with Crippen LogP contribution in [0.1, 0.15) is 0 Å². The predicted octanol–water partition coefficient (Wildman–Crippen LogP) is 1.62. The molecular weight excluding hydrogens is 179 g/mol. The summed E-state index contributed by atoms with van der Waals surface area (Å²) < 4.78 is 8.65. The molecule has 1 atom stereocenters. The van der Waals surface area contributed by atoms with Gasteiger partial charge in [0, 0.05) is 5.88 Å². The summed E-state index contributed by atoms with van der Waals surface area (Å²) in [4.78, 5) is 10.3. The van der Waals surface area contributed by atoms with Crippen molar-refractivity contribution in [3.8, 4) is 0 Å². The Morgan fingerprint density at radius 1 is 1.70 bits per heavy atom. The highest BCUT2D eigenvalue weighted by atomic mass is 35.5. The van der Waals surface area contributed by atoms with Crippen molar-refractivity contribution >= 4 is 29.4 Å². The number of carbonyl (C=O) groups is 1. The maximum atomic E-state index is 10.3. The molecule has 0 N–H and O–H groups in total. The van der Waals surface area contributed by atoms with E-state index in [4.69, 9.17) is 23.2 Å². The van der Waals surface area contributed by atoms with Crippen molar-refractivity contribution in [2.24, 2.45) is 0 Å². The predicted molar refractivity (Wildman–Crippen MR) is 38.7 cm³/mol. The lowest BCUT2D eigenvalue weighted by atomic mass is 10.5. The lowest BCUT2D eigenvalue weighted by Gasteiger charge is -2.04. The normalized spacial score (nSPS) is 12.3. The van der Waals surface area contributed by atoms with Crippen LogP contribution in [0.3, 0.4) is 0 Å². The van der Waals surface area contributed by atoms with Crippen molar-refractivity contribution in [2.45, 2.75) is 5.38 Å². The fraction of sp³-hybridized carbons (Fsp3) is 0.800. The third-order valence-corrected chi connectivity index (χ3v) is 1.53. The third kappa shape index (κ3) is 4.70. The van der Waals surface area contributed by atoms with E-state index in [0.717, 1.165) is 0 Å². The van der Waals surface area contributed by atoms with Crippen molar-refractivity contribution in [1.29, 1.82) is 0 Å². The number of rotatable bonds is 3. The van der Waals surface area contributed by atoms with Crippen LogP contribution in [0.15, 0.2) is 0 Å². The van der Waals surface area contributed by atoms with E-state index in [-0.39, 0.29) is 17.9 Å². The molecule has 0 saturated heterocycles. The van der Waals surface area contributed by atoms with E-state index in [2.05, 4.69) is 9.47 Å². The van der Waals surface area contributed by atoms with Gasteiger partial charge >= 0.3 is 6.16 Å². The number of carbonyl (C=O) groups excluding carboxylic acids is 1. The minimum absolute atomic E-state index is 0.0811. The Kier molecular flexibility index (Phi) is 5.54. The van der Waals surface area contributed by atoms with E-state index < -0.39 is 6.16 Å². The second kappa shape index (κ2) is 5.62. The first kappa shape index (κ1) is 9.85. The van der Waals surface area contributed by atoms with Crippen LogP contribution in [0.4, 0.5) is 4.79 Å². The molecule has 0 aliphatic heterocycles. The van der Waals surface area contributed by atoms with Gasteiger partial charge in [0.05, 0.1) is 12.5 Å². The summed E-state index contributed by atoms with van der Waals surface area (Å²) in [5.41, 5.74) is 0. The van der Waals surface area contributed by atoms with Crippen LogP contribution >= 0.6 is 23.2 Å². The maximum Gasteiger partial charge on any atom is 0.508 e. The molecule has 10 heavy (non-hydrogen) atoms. The monoisotopic (exact) mass is 186 g/mol. The van der Waals surface area contributed by atoms with Gasteiger partial charge in [-0.2, -0.15) is 0 Å². The van der Waals surface area contributed by atoms with Gasteiger partial charge in [-0.05, 0) is 0 Å². The minimum atomic E-state index is -0.740. The van der Waals surface area contributed by atoms with Crippen molar-refractivity contribution < 1.29 is 14.3 Å². The molecular formula is C5H8Cl2O3. The van der Waals surface area contributed by atoms with Crippen LogP contribution in [0.5, 0.6) is 0 Å². The lowest BCUT2D eigenvalue weighted by Crippen LogP contribution is -2.14. The lowest BCUT2D eigenvalue weighted by molar-refractivity contribution is 0.0737. The molecule has 0 amide bonds. The van der Waals surface area contributed by atoms with Crippen molar-refractivity contribution in [3.05, 3.63) is 0 Å². The Hall–Kier alpha value is -0.150. The highest BCUT2D eigenvalue weighted by molar-refractivity contribution is 6.28. The molecule has 0 saturated carbocycles. The highest BCUT2D eigenvalue weighted by Crippen LogP contribution is 1.99. The SMILES string of the molecule is COC(=O)OCC(Cl)CCl. The Morgan fingerprint density at radius 3 is 2.70 bits per heavy atom. The quantitative estimate of drug-likeness (QED) is 0.497. The molecule has 0 aromatic heterocycles. The molecule has 0 aromatic carbocycles. The van der Waals surface area contributed by atoms with Gasteiger partial charge in [-0.15, -0.1) is 23.2 Å². The van der Waals surface area contributed by atoms with Crippen LogP contribution in [-0.2, 0) is 9.47 Å². The summed E-state index contributed by atoms with van der Waals surface area (Å²) in [6, 6.07) is 0. The van der Waals surface area contributed by atoms with E-state index in [1.54, 1.807) is 0 Å². The first-order valence-electron chi connectivity index (χ1n) is 2.61. The minimum Gasteiger partial charge on any atom is -0.438 e. The molecule has 5 heteroatoms. The molecule has 0 rings (SSSR count). The number of hydrogen-bond donors (Lipinski definition) is 0. The zero-order valence-corrected chi connectivity index (χ0v) is 6.98. The molecule has 0 aliphatic rings. The number of methoxy groups -OCH3 is 1. The molecule has 0 heterocycles. The van der Waals surface area contributed by atoms with Gasteiger partial charge in [0.15, 0.2) is 0 Å². The third-order valence-electron chi connectivity index (χ3n) is 0.716. The Morgan fingerprint density at radius 2 is 2.30 bits per heavy atom. The van der Waals surface area contributed by atoms with Crippen LogP contribution in [-0.4, -0.2) is 31.1 Å². The fourth-order valence-electron chi connectivity index (χ4n) is 0.262. The first-order valence-corrected chi connectivity index (χ1v) is 3.58. The smallest absolute Gasteiger partial charge is 0.438 e. The molecule has 0 bridgehead atoms. The van der Waals surface area contributed by atoms with Crippen molar-refractivity contribution in [2.75, 3.05) is 19.6 Å². The summed E-state index contributed by atoms with van der Waals surface area (Å²) in [5, 5.41) is -0.347. The van der Waals surface area contributed by atoms with E-state index in [9.17, 15) is 4.79 Å². The van der Waals surface area contributed by atoms with Crippen LogP contribution in [0.25, 0.3) is 0 Å². The first-order chi connectivity index (χ1) is 4.70. The zero-order valence-electron chi connectivity index (χ0n) is 5.47.